The molecule has 2 amide bonds. The highest BCUT2D eigenvalue weighted by Gasteiger charge is 2.31. The summed E-state index contributed by atoms with van der Waals surface area (Å²) in [6, 6.07) is 1.71. The molecule has 5 nitrogen and oxygen atoms in total. The van der Waals surface area contributed by atoms with Gasteiger partial charge in [0.15, 0.2) is 5.78 Å². The second-order valence-corrected chi connectivity index (χ2v) is 7.86. The molecule has 0 saturated carbocycles. The molecule has 0 atom stereocenters. The first-order chi connectivity index (χ1) is 8.90. The number of rotatable bonds is 3. The third-order valence-electron chi connectivity index (χ3n) is 2.81. The number of likely N-dealkylation sites (N-methyl/N-ethyl adjacent to an activating group) is 1. The molecule has 1 aromatic rings. The van der Waals surface area contributed by atoms with Gasteiger partial charge in [-0.3, -0.25) is 14.4 Å². The van der Waals surface area contributed by atoms with Crippen molar-refractivity contribution in [2.24, 2.45) is 0 Å². The molecular weight excluding hydrogens is 400 g/mol. The molecule has 1 fully saturated rings. The zero-order valence-corrected chi connectivity index (χ0v) is 14.0. The van der Waals surface area contributed by atoms with Crippen LogP contribution in [0.3, 0.4) is 0 Å². The third-order valence-corrected chi connectivity index (χ3v) is 5.15. The molecule has 2 rings (SSSR count). The van der Waals surface area contributed by atoms with Gasteiger partial charge in [-0.05, 0) is 37.9 Å². The highest BCUT2D eigenvalue weighted by Crippen LogP contribution is 2.32. The van der Waals surface area contributed by atoms with E-state index in [0.29, 0.717) is 18.7 Å². The Morgan fingerprint density at radius 3 is 2.58 bits per heavy atom. The van der Waals surface area contributed by atoms with Gasteiger partial charge in [0.25, 0.3) is 0 Å². The summed E-state index contributed by atoms with van der Waals surface area (Å²) in [4.78, 5) is 38.1. The van der Waals surface area contributed by atoms with Crippen LogP contribution >= 0.6 is 43.2 Å². The number of halogens is 2. The maximum Gasteiger partial charge on any atom is 0.312 e. The first-order valence-corrected chi connectivity index (χ1v) is 7.83. The molecule has 1 aliphatic heterocycles. The van der Waals surface area contributed by atoms with E-state index in [0.717, 1.165) is 7.57 Å². The monoisotopic (exact) mass is 408 g/mol. The van der Waals surface area contributed by atoms with Crippen molar-refractivity contribution in [2.45, 2.75) is 0 Å². The summed E-state index contributed by atoms with van der Waals surface area (Å²) >= 11 is 8.00. The Bertz CT molecular complexity index is 558. The lowest BCUT2D eigenvalue weighted by atomic mass is 10.2. The molecule has 0 radical (unpaired) electrons. The molecule has 0 aromatic carbocycles. The van der Waals surface area contributed by atoms with Crippen molar-refractivity contribution in [1.29, 1.82) is 0 Å². The van der Waals surface area contributed by atoms with Crippen LogP contribution in [-0.4, -0.2) is 54.1 Å². The summed E-state index contributed by atoms with van der Waals surface area (Å²) in [7, 11) is 1.58. The van der Waals surface area contributed by atoms with Crippen molar-refractivity contribution in [3.8, 4) is 0 Å². The molecule has 0 unspecified atom stereocenters. The fraction of sp³-hybridized carbons (Fsp3) is 0.364. The fourth-order valence-corrected chi connectivity index (χ4v) is 4.57. The van der Waals surface area contributed by atoms with Crippen molar-refractivity contribution >= 4 is 60.8 Å². The zero-order valence-electron chi connectivity index (χ0n) is 9.98. The first-order valence-electron chi connectivity index (χ1n) is 5.42. The molecule has 102 valence electrons. The number of carbonyl (C=O) groups excluding carboxylic acids is 3. The van der Waals surface area contributed by atoms with Gasteiger partial charge in [-0.25, -0.2) is 0 Å². The SMILES string of the molecule is CN1CCN(CC(=O)c2cc(Br)sc2Br)C(=O)C1=O. The topological polar surface area (TPSA) is 57.7 Å². The van der Waals surface area contributed by atoms with Gasteiger partial charge in [-0.2, -0.15) is 0 Å². The number of thiophene rings is 1. The Kier molecular flexibility index (Phi) is 4.42. The van der Waals surface area contributed by atoms with Crippen LogP contribution in [0, 0.1) is 0 Å². The van der Waals surface area contributed by atoms with Crippen molar-refractivity contribution in [1.82, 2.24) is 9.80 Å². The van der Waals surface area contributed by atoms with Crippen LogP contribution in [0.25, 0.3) is 0 Å². The summed E-state index contributed by atoms with van der Waals surface area (Å²) in [5, 5.41) is 0. The van der Waals surface area contributed by atoms with E-state index in [9.17, 15) is 14.4 Å². The predicted molar refractivity (Wildman–Crippen MR) is 78.3 cm³/mol. The number of piperazine rings is 1. The summed E-state index contributed by atoms with van der Waals surface area (Å²) in [5.41, 5.74) is 0.524. The van der Waals surface area contributed by atoms with E-state index in [1.54, 1.807) is 13.1 Å². The molecule has 1 saturated heterocycles. The van der Waals surface area contributed by atoms with Gasteiger partial charge in [-0.15, -0.1) is 11.3 Å². The maximum absolute atomic E-state index is 12.1. The van der Waals surface area contributed by atoms with Gasteiger partial charge in [0, 0.05) is 25.7 Å². The van der Waals surface area contributed by atoms with Gasteiger partial charge < -0.3 is 9.80 Å². The Labute approximate surface area is 130 Å². The van der Waals surface area contributed by atoms with E-state index < -0.39 is 11.8 Å². The van der Waals surface area contributed by atoms with Crippen LogP contribution in [0.15, 0.2) is 13.6 Å². The van der Waals surface area contributed by atoms with E-state index in [4.69, 9.17) is 0 Å². The number of nitrogens with zero attached hydrogens (tertiary/aromatic N) is 2. The smallest absolute Gasteiger partial charge is 0.312 e. The molecule has 0 bridgehead atoms. The van der Waals surface area contributed by atoms with Gasteiger partial charge in [0.05, 0.1) is 14.1 Å². The average molecular weight is 410 g/mol. The highest BCUT2D eigenvalue weighted by atomic mass is 79.9. The van der Waals surface area contributed by atoms with Crippen molar-refractivity contribution in [3.05, 3.63) is 19.2 Å². The van der Waals surface area contributed by atoms with Gasteiger partial charge in [0.2, 0.25) is 0 Å². The van der Waals surface area contributed by atoms with Crippen LogP contribution < -0.4 is 0 Å². The van der Waals surface area contributed by atoms with Crippen LogP contribution in [-0.2, 0) is 9.59 Å². The standard InChI is InChI=1S/C11H10Br2N2O3S/c1-14-2-3-15(11(18)10(14)17)5-7(16)6-4-8(12)19-9(6)13/h4H,2-3,5H2,1H3. The van der Waals surface area contributed by atoms with Crippen molar-refractivity contribution in [2.75, 3.05) is 26.7 Å². The Hall–Kier alpha value is -0.730. The second-order valence-electron chi connectivity index (χ2n) is 4.11. The minimum atomic E-state index is -0.618. The maximum atomic E-state index is 12.1. The lowest BCUT2D eigenvalue weighted by Gasteiger charge is -2.30. The first kappa shape index (κ1) is 14.7. The van der Waals surface area contributed by atoms with Crippen molar-refractivity contribution in [3.63, 3.8) is 0 Å². The normalized spacial score (nSPS) is 16.2. The summed E-state index contributed by atoms with van der Waals surface area (Å²) < 4.78 is 1.56. The number of Topliss-reactive ketones (excluding diaryl/α,β-unsaturated/α-hetero) is 1. The third kappa shape index (κ3) is 3.06. The van der Waals surface area contributed by atoms with E-state index in [1.807, 2.05) is 0 Å². The average Bonchev–Trinajstić information content (AvgIpc) is 2.69. The predicted octanol–water partition coefficient (Wildman–Crippen LogP) is 1.76. The van der Waals surface area contributed by atoms with Gasteiger partial charge in [-0.1, -0.05) is 0 Å². The Morgan fingerprint density at radius 2 is 2.00 bits per heavy atom. The van der Waals surface area contributed by atoms with E-state index >= 15 is 0 Å². The molecule has 0 aliphatic carbocycles. The Balaban J connectivity index is 2.09. The fourth-order valence-electron chi connectivity index (χ4n) is 1.71. The van der Waals surface area contributed by atoms with Crippen molar-refractivity contribution < 1.29 is 14.4 Å². The second kappa shape index (κ2) is 5.72. The van der Waals surface area contributed by atoms with Crippen LogP contribution in [0.5, 0.6) is 0 Å². The lowest BCUT2D eigenvalue weighted by Crippen LogP contribution is -2.53. The van der Waals surface area contributed by atoms with Crippen LogP contribution in [0.1, 0.15) is 10.4 Å². The molecule has 8 heteroatoms. The van der Waals surface area contributed by atoms with Crippen LogP contribution in [0.4, 0.5) is 0 Å². The van der Waals surface area contributed by atoms with Crippen LogP contribution in [0.2, 0.25) is 0 Å². The minimum Gasteiger partial charge on any atom is -0.336 e. The number of amides is 2. The summed E-state index contributed by atoms with van der Waals surface area (Å²) in [5.74, 6) is -1.36. The van der Waals surface area contributed by atoms with E-state index in [2.05, 4.69) is 31.9 Å². The largest absolute Gasteiger partial charge is 0.336 e. The molecule has 1 aliphatic rings. The van der Waals surface area contributed by atoms with Gasteiger partial charge in [0.1, 0.15) is 0 Å². The molecule has 1 aromatic heterocycles. The quantitative estimate of drug-likeness (QED) is 0.564. The number of hydrogen-bond acceptors (Lipinski definition) is 4. The Morgan fingerprint density at radius 1 is 1.32 bits per heavy atom. The highest BCUT2D eigenvalue weighted by molar-refractivity contribution is 9.12. The number of carbonyl (C=O) groups is 3. The lowest BCUT2D eigenvalue weighted by molar-refractivity contribution is -0.154. The molecular formula is C11H10Br2N2O3S. The number of hydrogen-bond donors (Lipinski definition) is 0. The molecule has 0 N–H and O–H groups in total. The van der Waals surface area contributed by atoms with E-state index in [1.165, 1.54) is 21.1 Å². The molecule has 0 spiro atoms. The van der Waals surface area contributed by atoms with E-state index in [-0.39, 0.29) is 12.3 Å². The van der Waals surface area contributed by atoms with Gasteiger partial charge >= 0.3 is 11.8 Å². The zero-order chi connectivity index (χ0) is 14.2. The molecule has 2 heterocycles. The summed E-state index contributed by atoms with van der Waals surface area (Å²) in [6.07, 6.45) is 0. The minimum absolute atomic E-state index is 0.0693. The molecule has 19 heavy (non-hydrogen) atoms. The summed E-state index contributed by atoms with van der Waals surface area (Å²) in [6.45, 7) is 0.766. The number of ketones is 1.